The van der Waals surface area contributed by atoms with E-state index in [2.05, 4.69) is 66.8 Å². The number of allylic oxidation sites excluding steroid dienone is 2. The number of carbonyl (C=O) groups is 1. The Morgan fingerprint density at radius 2 is 1.69 bits per heavy atom. The molecule has 6 atom stereocenters. The monoisotopic (exact) mass is 566 g/mol. The number of aliphatic hydroxyl groups is 2. The first-order chi connectivity index (χ1) is 20.6. The van der Waals surface area contributed by atoms with Crippen molar-refractivity contribution in [3.63, 3.8) is 0 Å². The minimum absolute atomic E-state index is 0.0734. The van der Waals surface area contributed by atoms with E-state index in [1.165, 1.54) is 23.8 Å². The summed E-state index contributed by atoms with van der Waals surface area (Å²) in [5.41, 5.74) is 4.49. The Labute approximate surface area is 249 Å². The Bertz CT molecular complexity index is 1330. The van der Waals surface area contributed by atoms with E-state index in [-0.39, 0.29) is 35.9 Å². The van der Waals surface area contributed by atoms with Crippen molar-refractivity contribution in [2.75, 3.05) is 20.3 Å². The van der Waals surface area contributed by atoms with Crippen LogP contribution in [0.25, 0.3) is 11.1 Å². The van der Waals surface area contributed by atoms with Crippen molar-refractivity contribution in [2.24, 2.45) is 11.8 Å². The van der Waals surface area contributed by atoms with Crippen LogP contribution in [0.4, 0.5) is 0 Å². The number of methoxy groups -OCH3 is 1. The number of hydrogen-bond donors (Lipinski definition) is 2. The summed E-state index contributed by atoms with van der Waals surface area (Å²) in [6.07, 6.45) is 11.5. The van der Waals surface area contributed by atoms with Crippen LogP contribution in [0.2, 0.25) is 0 Å². The third-order valence-corrected chi connectivity index (χ3v) is 9.19. The van der Waals surface area contributed by atoms with Gasteiger partial charge in [0.25, 0.3) is 0 Å². The quantitative estimate of drug-likeness (QED) is 0.138. The summed E-state index contributed by atoms with van der Waals surface area (Å²) < 4.78 is 11.2. The van der Waals surface area contributed by atoms with Gasteiger partial charge < -0.3 is 19.7 Å². The number of hydrogen-bond acceptors (Lipinski definition) is 5. The van der Waals surface area contributed by atoms with Gasteiger partial charge in [0.15, 0.2) is 0 Å². The average Bonchev–Trinajstić information content (AvgIpc) is 3.61. The Balaban J connectivity index is 1.37. The molecule has 220 valence electrons. The van der Waals surface area contributed by atoms with Gasteiger partial charge in [-0.25, -0.2) is 0 Å². The van der Waals surface area contributed by atoms with Crippen molar-refractivity contribution in [1.82, 2.24) is 0 Å². The van der Waals surface area contributed by atoms with E-state index in [0.717, 1.165) is 31.2 Å². The summed E-state index contributed by atoms with van der Waals surface area (Å²) in [6, 6.07) is 29.1. The number of carbonyl (C=O) groups excluding carboxylic acids is 1. The maximum atomic E-state index is 11.5. The van der Waals surface area contributed by atoms with Crippen LogP contribution in [-0.2, 0) is 19.7 Å². The maximum Gasteiger partial charge on any atom is 0.305 e. The normalized spacial score (nSPS) is 24.8. The smallest absolute Gasteiger partial charge is 0.305 e. The minimum atomic E-state index is -0.799. The topological polar surface area (TPSA) is 76.0 Å². The van der Waals surface area contributed by atoms with Crippen LogP contribution < -0.4 is 0 Å². The van der Waals surface area contributed by atoms with Crippen molar-refractivity contribution >= 4 is 5.97 Å². The predicted octanol–water partition coefficient (Wildman–Crippen LogP) is 6.61. The molecule has 1 heterocycles. The van der Waals surface area contributed by atoms with Crippen molar-refractivity contribution in [3.8, 4) is 11.1 Å². The second-order valence-corrected chi connectivity index (χ2v) is 11.6. The zero-order chi connectivity index (χ0) is 29.4. The van der Waals surface area contributed by atoms with Crippen LogP contribution in [0.1, 0.15) is 49.1 Å². The fourth-order valence-electron chi connectivity index (χ4n) is 6.86. The molecule has 42 heavy (non-hydrogen) atoms. The molecule has 2 bridgehead atoms. The summed E-state index contributed by atoms with van der Waals surface area (Å²) in [7, 11) is 1.43. The molecule has 1 aliphatic heterocycles. The van der Waals surface area contributed by atoms with Gasteiger partial charge in [-0.05, 0) is 53.9 Å². The third-order valence-electron chi connectivity index (χ3n) is 9.19. The molecular weight excluding hydrogens is 524 g/mol. The van der Waals surface area contributed by atoms with Gasteiger partial charge in [0.05, 0.1) is 32.5 Å². The van der Waals surface area contributed by atoms with Crippen LogP contribution in [0.5, 0.6) is 0 Å². The summed E-state index contributed by atoms with van der Waals surface area (Å²) in [5.74, 6) is -0.123. The van der Waals surface area contributed by atoms with Gasteiger partial charge in [0.2, 0.25) is 0 Å². The van der Waals surface area contributed by atoms with Crippen molar-refractivity contribution in [1.29, 1.82) is 0 Å². The molecule has 3 aromatic rings. The minimum Gasteiger partial charge on any atom is -0.469 e. The number of aliphatic hydroxyl groups excluding tert-OH is 2. The zero-order valence-electron chi connectivity index (χ0n) is 24.3. The SMILES string of the molecule is COC(=O)CCCC=CC[C@H]1[C@H](C=C[C@H](O)C(CO)c2ccccc2)[C@@H]2C[C@@]1(c1ccc(-c3ccccc3)cc1)CO2. The average molecular weight is 567 g/mol. The molecule has 1 unspecified atom stereocenters. The van der Waals surface area contributed by atoms with E-state index in [9.17, 15) is 15.0 Å². The third kappa shape index (κ3) is 6.59. The van der Waals surface area contributed by atoms with Crippen molar-refractivity contribution in [2.45, 2.75) is 55.6 Å². The second-order valence-electron chi connectivity index (χ2n) is 11.6. The Morgan fingerprint density at radius 1 is 1.00 bits per heavy atom. The molecule has 0 aromatic heterocycles. The van der Waals surface area contributed by atoms with E-state index in [4.69, 9.17) is 9.47 Å². The van der Waals surface area contributed by atoms with Gasteiger partial charge in [-0.15, -0.1) is 0 Å². The first kappa shape index (κ1) is 30.0. The molecule has 5 nitrogen and oxygen atoms in total. The fourth-order valence-corrected chi connectivity index (χ4v) is 6.86. The lowest BCUT2D eigenvalue weighted by Crippen LogP contribution is -2.39. The predicted molar refractivity (Wildman–Crippen MR) is 166 cm³/mol. The van der Waals surface area contributed by atoms with Crippen molar-refractivity contribution < 1.29 is 24.5 Å². The summed E-state index contributed by atoms with van der Waals surface area (Å²) in [6.45, 7) is 0.551. The van der Waals surface area contributed by atoms with Gasteiger partial charge in [-0.2, -0.15) is 0 Å². The molecule has 3 aromatic carbocycles. The molecule has 5 rings (SSSR count). The zero-order valence-corrected chi connectivity index (χ0v) is 24.3. The van der Waals surface area contributed by atoms with Crippen molar-refractivity contribution in [3.05, 3.63) is 120 Å². The second kappa shape index (κ2) is 14.1. The molecule has 2 fully saturated rings. The lowest BCUT2D eigenvalue weighted by molar-refractivity contribution is -0.140. The van der Waals surface area contributed by atoms with E-state index >= 15 is 0 Å². The van der Waals surface area contributed by atoms with Gasteiger partial charge in [0, 0.05) is 23.7 Å². The highest BCUT2D eigenvalue weighted by Crippen LogP contribution is 2.57. The molecule has 1 aliphatic carbocycles. The Morgan fingerprint density at radius 3 is 2.38 bits per heavy atom. The van der Waals surface area contributed by atoms with E-state index in [1.54, 1.807) is 0 Å². The lowest BCUT2D eigenvalue weighted by Gasteiger charge is -2.38. The largest absolute Gasteiger partial charge is 0.469 e. The first-order valence-corrected chi connectivity index (χ1v) is 15.1. The molecule has 1 saturated carbocycles. The van der Waals surface area contributed by atoms with Crippen LogP contribution in [0.15, 0.2) is 109 Å². The highest BCUT2D eigenvalue weighted by Gasteiger charge is 2.58. The van der Waals surface area contributed by atoms with Crippen LogP contribution in [0.3, 0.4) is 0 Å². The standard InChI is InChI=1S/C37H42O5/c1-41-36(40)17-11-3-2-10-16-33-31(22-23-34(39)32(25-38)29-14-8-5-9-15-29)35-24-37(33,26-42-35)30-20-18-28(19-21-30)27-12-6-4-7-13-27/h2,4-10,12-15,18-23,31-35,38-39H,3,11,16-17,24-26H2,1H3/t31-,32?,33-,34-,35-,37-/m0/s1. The van der Waals surface area contributed by atoms with Crippen LogP contribution in [0, 0.1) is 11.8 Å². The molecule has 2 aliphatic rings. The molecule has 0 spiro atoms. The maximum absolute atomic E-state index is 11.5. The molecule has 1 saturated heterocycles. The first-order valence-electron chi connectivity index (χ1n) is 15.1. The molecule has 2 N–H and O–H groups in total. The summed E-state index contributed by atoms with van der Waals surface area (Å²) in [5, 5.41) is 21.2. The lowest BCUT2D eigenvalue weighted by atomic mass is 9.69. The van der Waals surface area contributed by atoms with Crippen LogP contribution in [-0.4, -0.2) is 48.7 Å². The van der Waals surface area contributed by atoms with E-state index in [0.29, 0.717) is 18.9 Å². The number of unbranched alkanes of at least 4 members (excludes halogenated alkanes) is 1. The van der Waals surface area contributed by atoms with E-state index in [1.807, 2.05) is 42.5 Å². The number of benzene rings is 3. The summed E-state index contributed by atoms with van der Waals surface area (Å²) >= 11 is 0. The molecule has 0 radical (unpaired) electrons. The van der Waals surface area contributed by atoms with Gasteiger partial charge in [0.1, 0.15) is 0 Å². The molecule has 5 heteroatoms. The number of fused-ring (bicyclic) bond motifs is 2. The Kier molecular flexibility index (Phi) is 10.1. The van der Waals surface area contributed by atoms with Gasteiger partial charge in [-0.1, -0.05) is 109 Å². The highest BCUT2D eigenvalue weighted by molar-refractivity contribution is 5.69. The van der Waals surface area contributed by atoms with Gasteiger partial charge >= 0.3 is 5.97 Å². The summed E-state index contributed by atoms with van der Waals surface area (Å²) in [4.78, 5) is 11.5. The molecular formula is C37H42O5. The Hall–Kier alpha value is -3.51. The highest BCUT2D eigenvalue weighted by atomic mass is 16.5. The number of rotatable bonds is 13. The fraction of sp³-hybridized carbons (Fsp3) is 0.378. The number of ether oxygens (including phenoxy) is 2. The number of esters is 1. The molecule has 0 amide bonds. The van der Waals surface area contributed by atoms with Crippen LogP contribution >= 0.6 is 0 Å². The van der Waals surface area contributed by atoms with E-state index < -0.39 is 6.10 Å². The van der Waals surface area contributed by atoms with Gasteiger partial charge in [-0.3, -0.25) is 4.79 Å².